The Morgan fingerprint density at radius 2 is 1.26 bits per heavy atom. The van der Waals surface area contributed by atoms with Gasteiger partial charge >= 0.3 is 0 Å². The van der Waals surface area contributed by atoms with Crippen molar-refractivity contribution in [1.82, 2.24) is 14.8 Å². The predicted molar refractivity (Wildman–Crippen MR) is 183 cm³/mol. The van der Waals surface area contributed by atoms with E-state index in [1.807, 2.05) is 99.6 Å². The van der Waals surface area contributed by atoms with Crippen molar-refractivity contribution in [3.05, 3.63) is 111 Å². The molecule has 236 valence electrons. The number of para-hydroxylation sites is 2. The lowest BCUT2D eigenvalue weighted by atomic mass is 10.1. The Balaban J connectivity index is 0.000000209. The van der Waals surface area contributed by atoms with Crippen molar-refractivity contribution in [1.29, 1.82) is 15.8 Å². The first-order chi connectivity index (χ1) is 22.2. The molecule has 1 N–H and O–H groups in total. The second-order valence-corrected chi connectivity index (χ2v) is 11.4. The molecule has 3 aromatic rings. The molecular weight excluding hydrogens is 574 g/mol. The van der Waals surface area contributed by atoms with Crippen LogP contribution in [0.15, 0.2) is 94.6 Å². The van der Waals surface area contributed by atoms with E-state index < -0.39 is 0 Å². The number of aromatic amines is 1. The number of nitriles is 3. The van der Waals surface area contributed by atoms with E-state index in [9.17, 15) is 20.6 Å². The minimum absolute atomic E-state index is 0.171. The number of pyridine rings is 1. The highest BCUT2D eigenvalue weighted by Crippen LogP contribution is 2.23. The zero-order chi connectivity index (χ0) is 33.1. The van der Waals surface area contributed by atoms with Crippen molar-refractivity contribution >= 4 is 17.1 Å². The van der Waals surface area contributed by atoms with Crippen molar-refractivity contribution in [2.75, 3.05) is 81.2 Å². The lowest BCUT2D eigenvalue weighted by Gasteiger charge is -2.38. The van der Waals surface area contributed by atoms with Gasteiger partial charge in [0.15, 0.2) is 5.57 Å². The summed E-state index contributed by atoms with van der Waals surface area (Å²) < 4.78 is 0. The van der Waals surface area contributed by atoms with Gasteiger partial charge in [-0.2, -0.15) is 15.8 Å². The number of hydrogen-bond donors (Lipinski definition) is 1. The van der Waals surface area contributed by atoms with Crippen LogP contribution in [0.25, 0.3) is 0 Å². The van der Waals surface area contributed by atoms with Gasteiger partial charge in [-0.25, -0.2) is 0 Å². The number of aromatic nitrogens is 1. The summed E-state index contributed by atoms with van der Waals surface area (Å²) in [5.74, 6) is 0. The number of anilines is 3. The molecule has 2 aliphatic heterocycles. The highest BCUT2D eigenvalue weighted by atomic mass is 16.1. The van der Waals surface area contributed by atoms with Crippen LogP contribution in [-0.2, 0) is 0 Å². The van der Waals surface area contributed by atoms with Crippen molar-refractivity contribution in [3.8, 4) is 18.2 Å². The van der Waals surface area contributed by atoms with Crippen LogP contribution < -0.4 is 20.3 Å². The van der Waals surface area contributed by atoms with Crippen LogP contribution in [0.4, 0.5) is 17.1 Å². The molecule has 0 aliphatic carbocycles. The normalized spacial score (nSPS) is 14.7. The average molecular weight is 616 g/mol. The molecule has 2 fully saturated rings. The van der Waals surface area contributed by atoms with Gasteiger partial charge < -0.3 is 29.5 Å². The maximum atomic E-state index is 11.9. The molecule has 0 amide bonds. The third kappa shape index (κ3) is 8.28. The van der Waals surface area contributed by atoms with Crippen molar-refractivity contribution in [2.24, 2.45) is 0 Å². The third-order valence-corrected chi connectivity index (χ3v) is 8.27. The highest BCUT2D eigenvalue weighted by molar-refractivity contribution is 5.60. The molecule has 1 aromatic heterocycles. The Kier molecular flexibility index (Phi) is 11.5. The van der Waals surface area contributed by atoms with E-state index in [4.69, 9.17) is 0 Å². The van der Waals surface area contributed by atoms with Gasteiger partial charge in [0.1, 0.15) is 23.8 Å². The Bertz CT molecular complexity index is 1690. The standard InChI is InChI=1S/C19H23N5.C17H18N4O/c1-16(22(2)3)13-19(17(14-20)15-21)24-11-9-23(10-12-24)18-7-5-4-6-8-18;1-13-11-16(15(12-18)17(22)19-13)21-9-7-20(8-10-21)14-5-3-2-4-6-14/h4-8,13H,9-12H2,1-3H3;2-6,11H,7-10H2,1H3,(H,19,22)/b16-13+;. The van der Waals surface area contributed by atoms with Gasteiger partial charge in [0.05, 0.1) is 11.4 Å². The molecular formula is C36H41N9O. The Morgan fingerprint density at radius 3 is 1.72 bits per heavy atom. The molecule has 2 aromatic carbocycles. The first-order valence-corrected chi connectivity index (χ1v) is 15.4. The highest BCUT2D eigenvalue weighted by Gasteiger charge is 2.22. The third-order valence-electron chi connectivity index (χ3n) is 8.27. The molecule has 0 saturated carbocycles. The van der Waals surface area contributed by atoms with Gasteiger partial charge in [0, 0.05) is 89.2 Å². The summed E-state index contributed by atoms with van der Waals surface area (Å²) in [5.41, 5.74) is 5.76. The number of aryl methyl sites for hydroxylation is 1. The van der Waals surface area contributed by atoms with E-state index in [1.165, 1.54) is 11.4 Å². The molecule has 0 spiro atoms. The molecule has 2 aliphatic rings. The maximum Gasteiger partial charge on any atom is 0.268 e. The molecule has 0 bridgehead atoms. The lowest BCUT2D eigenvalue weighted by molar-refractivity contribution is 0.328. The summed E-state index contributed by atoms with van der Waals surface area (Å²) in [4.78, 5) is 25.5. The van der Waals surface area contributed by atoms with Crippen LogP contribution in [0.1, 0.15) is 18.2 Å². The lowest BCUT2D eigenvalue weighted by Crippen LogP contribution is -2.47. The second-order valence-electron chi connectivity index (χ2n) is 11.4. The summed E-state index contributed by atoms with van der Waals surface area (Å²) in [5, 5.41) is 27.8. The molecule has 46 heavy (non-hydrogen) atoms. The number of H-pyrrole nitrogens is 1. The number of nitrogens with one attached hydrogen (secondary N) is 1. The van der Waals surface area contributed by atoms with Crippen molar-refractivity contribution in [3.63, 3.8) is 0 Å². The van der Waals surface area contributed by atoms with Crippen LogP contribution in [-0.4, -0.2) is 81.2 Å². The topological polar surface area (TPSA) is 120 Å². The van der Waals surface area contributed by atoms with Crippen LogP contribution in [0.3, 0.4) is 0 Å². The summed E-state index contributed by atoms with van der Waals surface area (Å²) in [6, 6.07) is 28.6. The van der Waals surface area contributed by atoms with E-state index in [0.29, 0.717) is 0 Å². The average Bonchev–Trinajstić information content (AvgIpc) is 3.09. The number of benzene rings is 2. The van der Waals surface area contributed by atoms with Gasteiger partial charge in [0.25, 0.3) is 5.56 Å². The van der Waals surface area contributed by atoms with E-state index in [0.717, 1.165) is 75.1 Å². The number of rotatable bonds is 6. The molecule has 0 unspecified atom stereocenters. The smallest absolute Gasteiger partial charge is 0.268 e. The summed E-state index contributed by atoms with van der Waals surface area (Å²) >= 11 is 0. The largest absolute Gasteiger partial charge is 0.381 e. The molecule has 3 heterocycles. The molecule has 10 heteroatoms. The minimum Gasteiger partial charge on any atom is -0.381 e. The van der Waals surface area contributed by atoms with Crippen LogP contribution in [0.2, 0.25) is 0 Å². The fraction of sp³-hybridized carbons (Fsp3) is 0.333. The van der Waals surface area contributed by atoms with E-state index >= 15 is 0 Å². The second kappa shape index (κ2) is 15.9. The van der Waals surface area contributed by atoms with Gasteiger partial charge in [-0.1, -0.05) is 36.4 Å². The monoisotopic (exact) mass is 615 g/mol. The summed E-state index contributed by atoms with van der Waals surface area (Å²) in [6.07, 6.45) is 1.93. The quantitative estimate of drug-likeness (QED) is 0.317. The fourth-order valence-electron chi connectivity index (χ4n) is 5.51. The SMILES string of the molecule is C/C(=C\C(=C(C#N)C#N)N1CCN(c2ccccc2)CC1)N(C)C.Cc1cc(N2CCN(c3ccccc3)CC2)c(C#N)c(=O)[nH]1. The van der Waals surface area contributed by atoms with Gasteiger partial charge in [0.2, 0.25) is 0 Å². The summed E-state index contributed by atoms with van der Waals surface area (Å²) in [7, 11) is 3.91. The van der Waals surface area contributed by atoms with Crippen LogP contribution >= 0.6 is 0 Å². The summed E-state index contributed by atoms with van der Waals surface area (Å²) in [6.45, 7) is 10.5. The zero-order valence-electron chi connectivity index (χ0n) is 27.1. The maximum absolute atomic E-state index is 11.9. The van der Waals surface area contributed by atoms with Crippen molar-refractivity contribution < 1.29 is 0 Å². The minimum atomic E-state index is -0.303. The molecule has 10 nitrogen and oxygen atoms in total. The Labute approximate surface area is 271 Å². The van der Waals surface area contributed by atoms with Gasteiger partial charge in [-0.05, 0) is 50.3 Å². The first-order valence-electron chi connectivity index (χ1n) is 15.4. The zero-order valence-corrected chi connectivity index (χ0v) is 27.1. The van der Waals surface area contributed by atoms with Gasteiger partial charge in [-0.3, -0.25) is 4.79 Å². The predicted octanol–water partition coefficient (Wildman–Crippen LogP) is 4.46. The molecule has 0 radical (unpaired) electrons. The van der Waals surface area contributed by atoms with Gasteiger partial charge in [-0.15, -0.1) is 0 Å². The van der Waals surface area contributed by atoms with E-state index in [1.54, 1.807) is 0 Å². The first kappa shape index (κ1) is 33.2. The molecule has 0 atom stereocenters. The molecule has 2 saturated heterocycles. The fourth-order valence-corrected chi connectivity index (χ4v) is 5.51. The van der Waals surface area contributed by atoms with Crippen LogP contribution in [0.5, 0.6) is 0 Å². The van der Waals surface area contributed by atoms with Crippen LogP contribution in [0, 0.1) is 40.9 Å². The van der Waals surface area contributed by atoms with Crippen molar-refractivity contribution in [2.45, 2.75) is 13.8 Å². The van der Waals surface area contributed by atoms with E-state index in [-0.39, 0.29) is 16.7 Å². The molecule has 5 rings (SSSR count). The number of allylic oxidation sites excluding steroid dienone is 3. The number of piperazine rings is 2. The Morgan fingerprint density at radius 1 is 0.783 bits per heavy atom. The van der Waals surface area contributed by atoms with E-state index in [2.05, 4.69) is 48.8 Å². The number of hydrogen-bond acceptors (Lipinski definition) is 9. The Hall–Kier alpha value is -5.66. The number of nitrogens with zero attached hydrogens (tertiary/aromatic N) is 8.